The third kappa shape index (κ3) is 6.02. The van der Waals surface area contributed by atoms with E-state index < -0.39 is 0 Å². The number of aromatic nitrogens is 2. The molecule has 7 heteroatoms. The van der Waals surface area contributed by atoms with Crippen LogP contribution in [0.1, 0.15) is 41.7 Å². The van der Waals surface area contributed by atoms with Crippen LogP contribution in [0, 0.1) is 0 Å². The van der Waals surface area contributed by atoms with Crippen molar-refractivity contribution < 1.29 is 9.53 Å². The fourth-order valence-electron chi connectivity index (χ4n) is 3.27. The molecule has 0 saturated carbocycles. The van der Waals surface area contributed by atoms with Crippen LogP contribution in [0.4, 0.5) is 5.69 Å². The topological polar surface area (TPSA) is 102 Å². The molecule has 0 aliphatic heterocycles. The molecule has 0 spiro atoms. The average Bonchev–Trinajstić information content (AvgIpc) is 2.82. The van der Waals surface area contributed by atoms with Crippen LogP contribution < -0.4 is 21.1 Å². The van der Waals surface area contributed by atoms with Crippen LogP contribution in [0.3, 0.4) is 0 Å². The van der Waals surface area contributed by atoms with Crippen molar-refractivity contribution in [2.24, 2.45) is 5.73 Å². The summed E-state index contributed by atoms with van der Waals surface area (Å²) in [7, 11) is 1.63. The summed E-state index contributed by atoms with van der Waals surface area (Å²) in [6, 6.07) is 15.1. The number of methoxy groups -OCH3 is 1. The van der Waals surface area contributed by atoms with Gasteiger partial charge in [-0.2, -0.15) is 0 Å². The molecule has 0 unspecified atom stereocenters. The Morgan fingerprint density at radius 2 is 2.03 bits per heavy atom. The van der Waals surface area contributed by atoms with E-state index in [1.165, 1.54) is 6.33 Å². The van der Waals surface area contributed by atoms with Crippen LogP contribution in [-0.2, 0) is 0 Å². The van der Waals surface area contributed by atoms with Crippen molar-refractivity contribution in [1.29, 1.82) is 0 Å². The van der Waals surface area contributed by atoms with Gasteiger partial charge in [-0.1, -0.05) is 18.2 Å². The molecule has 0 saturated heterocycles. The van der Waals surface area contributed by atoms with E-state index in [1.807, 2.05) is 55.5 Å². The minimum atomic E-state index is -0.172. The number of nitrogens with two attached hydrogens (primary N) is 1. The summed E-state index contributed by atoms with van der Waals surface area (Å²) in [5.41, 5.74) is 9.65. The molecule has 0 aliphatic rings. The fraction of sp³-hybridized carbons (Fsp3) is 0.292. The lowest BCUT2D eigenvalue weighted by Crippen LogP contribution is -2.27. The predicted octanol–water partition coefficient (Wildman–Crippen LogP) is 3.79. The molecule has 0 fully saturated rings. The highest BCUT2D eigenvalue weighted by molar-refractivity contribution is 6.00. The van der Waals surface area contributed by atoms with E-state index in [-0.39, 0.29) is 11.9 Å². The number of rotatable bonds is 10. The molecule has 3 aromatic rings. The van der Waals surface area contributed by atoms with Crippen LogP contribution >= 0.6 is 0 Å². The van der Waals surface area contributed by atoms with Gasteiger partial charge in [-0.15, -0.1) is 0 Å². The number of unbranched alkanes of at least 4 members (excludes halogenated alkanes) is 1. The van der Waals surface area contributed by atoms with Crippen molar-refractivity contribution in [2.45, 2.75) is 25.8 Å². The average molecular weight is 420 g/mol. The molecule has 1 atom stereocenters. The number of carbonyl (C=O) groups excluding carboxylic acids is 1. The lowest BCUT2D eigenvalue weighted by Gasteiger charge is -2.18. The number of benzene rings is 2. The van der Waals surface area contributed by atoms with E-state index in [1.54, 1.807) is 13.3 Å². The third-order valence-electron chi connectivity index (χ3n) is 5.03. The van der Waals surface area contributed by atoms with Gasteiger partial charge in [0, 0.05) is 24.0 Å². The summed E-state index contributed by atoms with van der Waals surface area (Å²) in [6.45, 7) is 3.33. The molecule has 31 heavy (non-hydrogen) atoms. The lowest BCUT2D eigenvalue weighted by atomic mass is 10.0. The molecule has 0 bridgehead atoms. The standard InChI is InChI=1S/C24H29N5O2/c1-17(18-6-5-7-20(14-18)31-2)29-24(30)21-9-8-19(22-10-13-26-16-28-22)15-23(21)27-12-4-3-11-25/h5-10,13-17,27H,3-4,11-12,25H2,1-2H3,(H,29,30)/t17-/m1/s1. The Kier molecular flexibility index (Phi) is 7.95. The highest BCUT2D eigenvalue weighted by Crippen LogP contribution is 2.26. The summed E-state index contributed by atoms with van der Waals surface area (Å²) in [5, 5.41) is 6.48. The van der Waals surface area contributed by atoms with Gasteiger partial charge in [0.2, 0.25) is 0 Å². The maximum atomic E-state index is 13.1. The van der Waals surface area contributed by atoms with Gasteiger partial charge >= 0.3 is 0 Å². The Labute approximate surface area is 183 Å². The molecule has 0 aliphatic carbocycles. The van der Waals surface area contributed by atoms with Gasteiger partial charge in [0.05, 0.1) is 24.4 Å². The number of hydrogen-bond acceptors (Lipinski definition) is 6. The van der Waals surface area contributed by atoms with Gasteiger partial charge < -0.3 is 21.1 Å². The van der Waals surface area contributed by atoms with Gasteiger partial charge in [0.15, 0.2) is 0 Å². The highest BCUT2D eigenvalue weighted by Gasteiger charge is 2.16. The minimum absolute atomic E-state index is 0.147. The Hall–Kier alpha value is -3.45. The second-order valence-electron chi connectivity index (χ2n) is 7.25. The Morgan fingerprint density at radius 1 is 1.16 bits per heavy atom. The van der Waals surface area contributed by atoms with Gasteiger partial charge in [-0.05, 0) is 62.2 Å². The van der Waals surface area contributed by atoms with Crippen LogP contribution in [0.25, 0.3) is 11.3 Å². The normalized spacial score (nSPS) is 11.6. The number of anilines is 1. The maximum absolute atomic E-state index is 13.1. The van der Waals surface area contributed by atoms with Crippen molar-refractivity contribution in [1.82, 2.24) is 15.3 Å². The van der Waals surface area contributed by atoms with Gasteiger partial charge in [0.1, 0.15) is 12.1 Å². The number of nitrogens with one attached hydrogen (secondary N) is 2. The summed E-state index contributed by atoms with van der Waals surface area (Å²) in [4.78, 5) is 21.4. The van der Waals surface area contributed by atoms with Crippen molar-refractivity contribution in [3.05, 3.63) is 72.2 Å². The van der Waals surface area contributed by atoms with E-state index in [0.717, 1.165) is 47.6 Å². The molecule has 3 rings (SSSR count). The number of carbonyl (C=O) groups is 1. The predicted molar refractivity (Wildman–Crippen MR) is 123 cm³/mol. The Morgan fingerprint density at radius 3 is 2.77 bits per heavy atom. The largest absolute Gasteiger partial charge is 0.497 e. The zero-order chi connectivity index (χ0) is 22.1. The van der Waals surface area contributed by atoms with Gasteiger partial charge in [-0.25, -0.2) is 9.97 Å². The zero-order valence-electron chi connectivity index (χ0n) is 18.0. The first kappa shape index (κ1) is 22.2. The Balaban J connectivity index is 1.82. The van der Waals surface area contributed by atoms with E-state index in [2.05, 4.69) is 20.6 Å². The second-order valence-corrected chi connectivity index (χ2v) is 7.25. The molecular formula is C24H29N5O2. The van der Waals surface area contributed by atoms with Crippen molar-refractivity contribution in [3.8, 4) is 17.0 Å². The molecular weight excluding hydrogens is 390 g/mol. The van der Waals surface area contributed by atoms with Gasteiger partial charge in [-0.3, -0.25) is 4.79 Å². The first-order valence-electron chi connectivity index (χ1n) is 10.4. The number of amides is 1. The summed E-state index contributed by atoms with van der Waals surface area (Å²) >= 11 is 0. The van der Waals surface area contributed by atoms with Crippen molar-refractivity contribution in [3.63, 3.8) is 0 Å². The lowest BCUT2D eigenvalue weighted by molar-refractivity contribution is 0.0940. The molecule has 1 heterocycles. The van der Waals surface area contributed by atoms with Crippen molar-refractivity contribution >= 4 is 11.6 Å². The first-order valence-corrected chi connectivity index (χ1v) is 10.4. The fourth-order valence-corrected chi connectivity index (χ4v) is 3.27. The molecule has 1 amide bonds. The molecule has 162 valence electrons. The quantitative estimate of drug-likeness (QED) is 0.432. The molecule has 4 N–H and O–H groups in total. The smallest absolute Gasteiger partial charge is 0.253 e. The SMILES string of the molecule is COc1cccc([C@@H](C)NC(=O)c2ccc(-c3ccncn3)cc2NCCCCN)c1. The number of hydrogen-bond donors (Lipinski definition) is 3. The number of nitrogens with zero attached hydrogens (tertiary/aromatic N) is 2. The second kappa shape index (κ2) is 11.1. The third-order valence-corrected chi connectivity index (χ3v) is 5.03. The summed E-state index contributed by atoms with van der Waals surface area (Å²) in [6.07, 6.45) is 5.07. The zero-order valence-corrected chi connectivity index (χ0v) is 18.0. The molecule has 2 aromatic carbocycles. The van der Waals surface area contributed by atoms with Crippen LogP contribution in [0.2, 0.25) is 0 Å². The van der Waals surface area contributed by atoms with Crippen molar-refractivity contribution in [2.75, 3.05) is 25.5 Å². The number of ether oxygens (including phenoxy) is 1. The first-order chi connectivity index (χ1) is 15.1. The van der Waals surface area contributed by atoms with Crippen LogP contribution in [0.15, 0.2) is 61.1 Å². The summed E-state index contributed by atoms with van der Waals surface area (Å²) in [5.74, 6) is 0.612. The van der Waals surface area contributed by atoms with Crippen LogP contribution in [-0.4, -0.2) is 36.1 Å². The maximum Gasteiger partial charge on any atom is 0.253 e. The van der Waals surface area contributed by atoms with E-state index >= 15 is 0 Å². The summed E-state index contributed by atoms with van der Waals surface area (Å²) < 4.78 is 5.29. The highest BCUT2D eigenvalue weighted by atomic mass is 16.5. The monoisotopic (exact) mass is 419 g/mol. The molecule has 0 radical (unpaired) electrons. The van der Waals surface area contributed by atoms with E-state index in [9.17, 15) is 4.79 Å². The Bertz CT molecular complexity index is 994. The molecule has 7 nitrogen and oxygen atoms in total. The van der Waals surface area contributed by atoms with E-state index in [0.29, 0.717) is 12.1 Å². The van der Waals surface area contributed by atoms with E-state index in [4.69, 9.17) is 10.5 Å². The van der Waals surface area contributed by atoms with Crippen LogP contribution in [0.5, 0.6) is 5.75 Å². The minimum Gasteiger partial charge on any atom is -0.497 e. The van der Waals surface area contributed by atoms with Gasteiger partial charge in [0.25, 0.3) is 5.91 Å². The molecule has 1 aromatic heterocycles.